The minimum atomic E-state index is -4.47. The van der Waals surface area contributed by atoms with E-state index in [-0.39, 0.29) is 12.0 Å². The highest BCUT2D eigenvalue weighted by atomic mass is 19.4. The lowest BCUT2D eigenvalue weighted by Crippen LogP contribution is -2.35. The normalized spacial score (nSPS) is 16.3. The molecule has 25 heavy (non-hydrogen) atoms. The number of rotatable bonds is 2. The summed E-state index contributed by atoms with van der Waals surface area (Å²) in [6, 6.07) is 0. The lowest BCUT2D eigenvalue weighted by atomic mass is 9.89. The van der Waals surface area contributed by atoms with Crippen LogP contribution in [0.1, 0.15) is 49.4 Å². The first kappa shape index (κ1) is 17.9. The van der Waals surface area contributed by atoms with Crippen LogP contribution < -0.4 is 0 Å². The fourth-order valence-electron chi connectivity index (χ4n) is 3.65. The van der Waals surface area contributed by atoms with Gasteiger partial charge >= 0.3 is 6.18 Å². The summed E-state index contributed by atoms with van der Waals surface area (Å²) < 4.78 is 41.8. The molecule has 0 radical (unpaired) electrons. The van der Waals surface area contributed by atoms with Gasteiger partial charge in [-0.3, -0.25) is 9.58 Å². The summed E-state index contributed by atoms with van der Waals surface area (Å²) in [6.45, 7) is 10.1. The summed E-state index contributed by atoms with van der Waals surface area (Å²) in [5, 5.41) is 11.7. The van der Waals surface area contributed by atoms with E-state index in [9.17, 15) is 13.2 Å². The molecule has 138 valence electrons. The van der Waals surface area contributed by atoms with Gasteiger partial charge in [-0.05, 0) is 12.5 Å². The maximum Gasteiger partial charge on any atom is 0.451 e. The van der Waals surface area contributed by atoms with Gasteiger partial charge in [0.25, 0.3) is 0 Å². The largest absolute Gasteiger partial charge is 0.451 e. The van der Waals surface area contributed by atoms with E-state index in [0.717, 1.165) is 11.3 Å². The first-order chi connectivity index (χ1) is 11.5. The van der Waals surface area contributed by atoms with Crippen LogP contribution in [0.4, 0.5) is 13.2 Å². The molecule has 1 aliphatic rings. The summed E-state index contributed by atoms with van der Waals surface area (Å²) in [6.07, 6.45) is -4.47. The Bertz CT molecular complexity index is 781. The molecule has 0 spiro atoms. The van der Waals surface area contributed by atoms with Crippen molar-refractivity contribution >= 4 is 0 Å². The first-order valence-corrected chi connectivity index (χ1v) is 8.23. The number of fused-ring (bicyclic) bond motifs is 1. The van der Waals surface area contributed by atoms with E-state index in [0.29, 0.717) is 25.5 Å². The van der Waals surface area contributed by atoms with E-state index in [1.807, 2.05) is 11.7 Å². The Morgan fingerprint density at radius 1 is 1.08 bits per heavy atom. The predicted octanol–water partition coefficient (Wildman–Crippen LogP) is 2.65. The van der Waals surface area contributed by atoms with Gasteiger partial charge < -0.3 is 4.57 Å². The Labute approximate surface area is 144 Å². The van der Waals surface area contributed by atoms with Crippen LogP contribution >= 0.6 is 0 Å². The third kappa shape index (κ3) is 3.29. The van der Waals surface area contributed by atoms with Gasteiger partial charge in [0, 0.05) is 37.8 Å². The van der Waals surface area contributed by atoms with Gasteiger partial charge in [0.05, 0.1) is 12.2 Å². The van der Waals surface area contributed by atoms with Crippen LogP contribution in [0.15, 0.2) is 0 Å². The number of aromatic nitrogens is 5. The Morgan fingerprint density at radius 2 is 1.76 bits per heavy atom. The number of aryl methyl sites for hydroxylation is 1. The van der Waals surface area contributed by atoms with E-state index in [1.165, 1.54) is 10.3 Å². The Balaban J connectivity index is 1.80. The number of alkyl halides is 3. The Morgan fingerprint density at radius 3 is 2.32 bits per heavy atom. The van der Waals surface area contributed by atoms with Crippen molar-refractivity contribution in [2.45, 2.75) is 58.9 Å². The molecule has 0 aliphatic carbocycles. The van der Waals surface area contributed by atoms with Crippen molar-refractivity contribution in [3.8, 4) is 0 Å². The van der Waals surface area contributed by atoms with Crippen LogP contribution in [0.2, 0.25) is 0 Å². The molecule has 0 aromatic carbocycles. The van der Waals surface area contributed by atoms with Gasteiger partial charge in [-0.25, -0.2) is 0 Å². The molecule has 0 unspecified atom stereocenters. The number of hydrogen-bond donors (Lipinski definition) is 0. The van der Waals surface area contributed by atoms with Gasteiger partial charge in [0.1, 0.15) is 5.82 Å². The summed E-state index contributed by atoms with van der Waals surface area (Å²) in [5.74, 6) is -0.561. The molecule has 0 bridgehead atoms. The second-order valence-corrected chi connectivity index (χ2v) is 7.59. The molecule has 0 N–H and O–H groups in total. The molecule has 3 heterocycles. The molecule has 0 atom stereocenters. The zero-order chi connectivity index (χ0) is 18.6. The van der Waals surface area contributed by atoms with Crippen LogP contribution in [0.25, 0.3) is 0 Å². The summed E-state index contributed by atoms with van der Waals surface area (Å²) in [7, 11) is 1.93. The number of hydrogen-bond acceptors (Lipinski definition) is 4. The molecule has 3 rings (SSSR count). The van der Waals surface area contributed by atoms with Crippen LogP contribution in [-0.4, -0.2) is 36.0 Å². The molecule has 2 aromatic rings. The summed E-state index contributed by atoms with van der Waals surface area (Å²) >= 11 is 0. The van der Waals surface area contributed by atoms with Gasteiger partial charge in [0.15, 0.2) is 0 Å². The molecule has 0 saturated carbocycles. The third-order valence-electron chi connectivity index (χ3n) is 4.55. The van der Waals surface area contributed by atoms with E-state index in [1.54, 1.807) is 0 Å². The predicted molar refractivity (Wildman–Crippen MR) is 85.8 cm³/mol. The molecule has 0 fully saturated rings. The first-order valence-electron chi connectivity index (χ1n) is 8.23. The number of nitrogens with zero attached hydrogens (tertiary/aromatic N) is 6. The van der Waals surface area contributed by atoms with E-state index in [4.69, 9.17) is 0 Å². The molecular formula is C16H23F3N6. The zero-order valence-electron chi connectivity index (χ0n) is 15.1. The van der Waals surface area contributed by atoms with Crippen molar-refractivity contribution in [3.05, 3.63) is 28.6 Å². The smallest absolute Gasteiger partial charge is 0.305 e. The average Bonchev–Trinajstić information content (AvgIpc) is 2.99. The molecular weight excluding hydrogens is 333 g/mol. The topological polar surface area (TPSA) is 51.8 Å². The SMILES string of the molecule is Cc1c(CN2CCn3c(nnc3C(F)(F)F)C2)nn(C)c1C(C)(C)C. The van der Waals surface area contributed by atoms with Crippen molar-refractivity contribution in [2.24, 2.45) is 7.05 Å². The van der Waals surface area contributed by atoms with Gasteiger partial charge in [0.2, 0.25) is 5.82 Å². The van der Waals surface area contributed by atoms with Gasteiger partial charge in [-0.2, -0.15) is 18.3 Å². The monoisotopic (exact) mass is 356 g/mol. The van der Waals surface area contributed by atoms with Crippen molar-refractivity contribution in [3.63, 3.8) is 0 Å². The highest BCUT2D eigenvalue weighted by Gasteiger charge is 2.39. The van der Waals surface area contributed by atoms with Crippen LogP contribution in [0.3, 0.4) is 0 Å². The lowest BCUT2D eigenvalue weighted by Gasteiger charge is -2.27. The van der Waals surface area contributed by atoms with E-state index >= 15 is 0 Å². The van der Waals surface area contributed by atoms with Crippen LogP contribution in [-0.2, 0) is 38.3 Å². The quantitative estimate of drug-likeness (QED) is 0.830. The van der Waals surface area contributed by atoms with Crippen molar-refractivity contribution in [1.29, 1.82) is 0 Å². The highest BCUT2D eigenvalue weighted by molar-refractivity contribution is 5.30. The zero-order valence-corrected chi connectivity index (χ0v) is 15.1. The summed E-state index contributed by atoms with van der Waals surface area (Å²) in [5.41, 5.74) is 3.24. The maximum atomic E-state index is 12.9. The standard InChI is InChI=1S/C16H23F3N6/c1-10-11(22-23(5)13(10)15(2,3)4)8-24-6-7-25-12(9-24)20-21-14(25)16(17,18)19/h6-9H2,1-5H3. The van der Waals surface area contributed by atoms with Crippen molar-refractivity contribution in [1.82, 2.24) is 29.4 Å². The van der Waals surface area contributed by atoms with Crippen LogP contribution in [0.5, 0.6) is 0 Å². The van der Waals surface area contributed by atoms with Crippen LogP contribution in [0, 0.1) is 6.92 Å². The third-order valence-corrected chi connectivity index (χ3v) is 4.55. The van der Waals surface area contributed by atoms with E-state index in [2.05, 4.69) is 47.9 Å². The molecule has 0 saturated heterocycles. The molecule has 6 nitrogen and oxygen atoms in total. The average molecular weight is 356 g/mol. The molecule has 1 aliphatic heterocycles. The lowest BCUT2D eigenvalue weighted by molar-refractivity contribution is -0.148. The molecule has 2 aromatic heterocycles. The second kappa shape index (κ2) is 5.82. The minimum absolute atomic E-state index is 0.0201. The molecule has 9 heteroatoms. The van der Waals surface area contributed by atoms with E-state index < -0.39 is 12.0 Å². The minimum Gasteiger partial charge on any atom is -0.305 e. The van der Waals surface area contributed by atoms with Gasteiger partial charge in [-0.15, -0.1) is 10.2 Å². The summed E-state index contributed by atoms with van der Waals surface area (Å²) in [4.78, 5) is 2.06. The maximum absolute atomic E-state index is 12.9. The fourth-order valence-corrected chi connectivity index (χ4v) is 3.65. The fraction of sp³-hybridized carbons (Fsp3) is 0.688. The van der Waals surface area contributed by atoms with Gasteiger partial charge in [-0.1, -0.05) is 20.8 Å². The van der Waals surface area contributed by atoms with Crippen molar-refractivity contribution in [2.75, 3.05) is 6.54 Å². The highest BCUT2D eigenvalue weighted by Crippen LogP contribution is 2.31. The van der Waals surface area contributed by atoms with Crippen molar-refractivity contribution < 1.29 is 13.2 Å². The Kier molecular flexibility index (Phi) is 4.17. The molecule has 0 amide bonds. The second-order valence-electron chi connectivity index (χ2n) is 7.59. The number of halogens is 3. The Hall–Kier alpha value is -1.90.